The minimum absolute atomic E-state index is 0. The summed E-state index contributed by atoms with van der Waals surface area (Å²) in [5.74, 6) is 0.617. The average molecular weight is 461 g/mol. The third-order valence-electron chi connectivity index (χ3n) is 4.35. The summed E-state index contributed by atoms with van der Waals surface area (Å²) < 4.78 is 1.89. The second-order valence-electron chi connectivity index (χ2n) is 5.74. The monoisotopic (exact) mass is 461 g/mol. The van der Waals surface area contributed by atoms with Crippen LogP contribution >= 0.6 is 35.3 Å². The third kappa shape index (κ3) is 4.00. The highest BCUT2D eigenvalue weighted by Gasteiger charge is 2.20. The van der Waals surface area contributed by atoms with Crippen LogP contribution in [0.2, 0.25) is 0 Å². The summed E-state index contributed by atoms with van der Waals surface area (Å²) in [6.45, 7) is 8.27. The summed E-state index contributed by atoms with van der Waals surface area (Å²) in [5.41, 5.74) is 9.52. The molecule has 0 unspecified atom stereocenters. The highest BCUT2D eigenvalue weighted by molar-refractivity contribution is 14.0. The first kappa shape index (κ1) is 19.0. The van der Waals surface area contributed by atoms with Gasteiger partial charge in [-0.3, -0.25) is 4.68 Å². The molecule has 1 aliphatic heterocycles. The van der Waals surface area contributed by atoms with Gasteiger partial charge in [-0.15, -0.1) is 35.3 Å². The van der Waals surface area contributed by atoms with E-state index < -0.39 is 0 Å². The van der Waals surface area contributed by atoms with Crippen LogP contribution in [0.4, 0.5) is 5.13 Å². The average Bonchev–Trinajstić information content (AvgIpc) is 3.16. The Morgan fingerprint density at radius 1 is 1.29 bits per heavy atom. The van der Waals surface area contributed by atoms with Gasteiger partial charge in [0.1, 0.15) is 0 Å². The van der Waals surface area contributed by atoms with Crippen molar-refractivity contribution < 1.29 is 0 Å². The number of halogens is 1. The van der Waals surface area contributed by atoms with E-state index in [1.807, 2.05) is 30.2 Å². The second-order valence-corrected chi connectivity index (χ2v) is 6.61. The van der Waals surface area contributed by atoms with Gasteiger partial charge < -0.3 is 15.5 Å². The maximum Gasteiger partial charge on any atom is 0.191 e. The normalized spacial score (nSPS) is 15.5. The topological polar surface area (TPSA) is 75.6 Å². The van der Waals surface area contributed by atoms with Gasteiger partial charge in [-0.25, -0.2) is 9.98 Å². The van der Waals surface area contributed by atoms with Crippen LogP contribution in [0.15, 0.2) is 16.6 Å². The molecule has 2 aromatic heterocycles. The van der Waals surface area contributed by atoms with Crippen molar-refractivity contribution in [2.75, 3.05) is 31.1 Å². The molecule has 2 N–H and O–H groups in total. The van der Waals surface area contributed by atoms with Gasteiger partial charge in [-0.1, -0.05) is 0 Å². The lowest BCUT2D eigenvalue weighted by Crippen LogP contribution is -2.51. The van der Waals surface area contributed by atoms with E-state index in [1.54, 1.807) is 11.3 Å². The molecular formula is C15H24IN7S. The first-order chi connectivity index (χ1) is 11.1. The highest BCUT2D eigenvalue weighted by atomic mass is 127. The fourth-order valence-electron chi connectivity index (χ4n) is 2.81. The molecule has 7 nitrogen and oxygen atoms in total. The zero-order chi connectivity index (χ0) is 16.4. The van der Waals surface area contributed by atoms with E-state index in [9.17, 15) is 0 Å². The minimum Gasteiger partial charge on any atom is -0.370 e. The van der Waals surface area contributed by atoms with Gasteiger partial charge in [0.05, 0.1) is 12.2 Å². The summed E-state index contributed by atoms with van der Waals surface area (Å²) in [6.07, 6.45) is 1.85. The molecule has 0 radical (unpaired) electrons. The highest BCUT2D eigenvalue weighted by Crippen LogP contribution is 2.19. The Kier molecular flexibility index (Phi) is 6.44. The molecule has 1 saturated heterocycles. The van der Waals surface area contributed by atoms with E-state index in [0.717, 1.165) is 48.3 Å². The molecule has 0 atom stereocenters. The lowest BCUT2D eigenvalue weighted by molar-refractivity contribution is 0.380. The lowest BCUT2D eigenvalue weighted by Gasteiger charge is -2.35. The number of hydrogen-bond donors (Lipinski definition) is 1. The lowest BCUT2D eigenvalue weighted by atomic mass is 10.2. The fourth-order valence-corrected chi connectivity index (χ4v) is 3.50. The fraction of sp³-hybridized carbons (Fsp3) is 0.533. The van der Waals surface area contributed by atoms with Crippen LogP contribution in [0.25, 0.3) is 0 Å². The van der Waals surface area contributed by atoms with Crippen molar-refractivity contribution in [1.82, 2.24) is 19.7 Å². The molecule has 0 amide bonds. The Labute approximate surface area is 163 Å². The number of nitrogens with zero attached hydrogens (tertiary/aromatic N) is 6. The third-order valence-corrected chi connectivity index (χ3v) is 5.18. The predicted octanol–water partition coefficient (Wildman–Crippen LogP) is 1.75. The standard InChI is InChI=1S/C15H23N7S.HI/c1-11-13(12(2)20(3)19-11)10-18-14(16)21-5-7-22(8-6-21)15-17-4-9-23-15;/h4,9H,5-8,10H2,1-3H3,(H2,16,18);1H. The van der Waals surface area contributed by atoms with Crippen molar-refractivity contribution in [1.29, 1.82) is 0 Å². The molecule has 3 heterocycles. The zero-order valence-corrected chi connectivity index (χ0v) is 17.4. The van der Waals surface area contributed by atoms with Crippen molar-refractivity contribution in [2.45, 2.75) is 20.4 Å². The van der Waals surface area contributed by atoms with Crippen LogP contribution in [0.1, 0.15) is 17.0 Å². The van der Waals surface area contributed by atoms with Gasteiger partial charge in [0.2, 0.25) is 0 Å². The quantitative estimate of drug-likeness (QED) is 0.428. The van der Waals surface area contributed by atoms with Gasteiger partial charge in [0, 0.05) is 56.1 Å². The number of aryl methyl sites for hydroxylation is 2. The molecule has 0 aromatic carbocycles. The number of rotatable bonds is 3. The van der Waals surface area contributed by atoms with E-state index in [4.69, 9.17) is 5.73 Å². The molecule has 0 spiro atoms. The molecule has 3 rings (SSSR count). The Bertz CT molecular complexity index is 687. The van der Waals surface area contributed by atoms with Crippen LogP contribution in [-0.2, 0) is 13.6 Å². The molecule has 0 aliphatic carbocycles. The van der Waals surface area contributed by atoms with Crippen molar-refractivity contribution in [2.24, 2.45) is 17.8 Å². The second kappa shape index (κ2) is 8.15. The van der Waals surface area contributed by atoms with Crippen molar-refractivity contribution in [3.05, 3.63) is 28.5 Å². The van der Waals surface area contributed by atoms with Crippen LogP contribution in [0, 0.1) is 13.8 Å². The van der Waals surface area contributed by atoms with E-state index in [-0.39, 0.29) is 24.0 Å². The number of guanidine groups is 1. The number of nitrogens with two attached hydrogens (primary N) is 1. The Morgan fingerprint density at radius 3 is 2.54 bits per heavy atom. The van der Waals surface area contributed by atoms with E-state index in [0.29, 0.717) is 12.5 Å². The van der Waals surface area contributed by atoms with Crippen LogP contribution in [0.5, 0.6) is 0 Å². The minimum atomic E-state index is 0. The van der Waals surface area contributed by atoms with Crippen LogP contribution in [0.3, 0.4) is 0 Å². The van der Waals surface area contributed by atoms with Crippen LogP contribution in [-0.4, -0.2) is 51.8 Å². The van der Waals surface area contributed by atoms with Crippen molar-refractivity contribution >= 4 is 46.4 Å². The van der Waals surface area contributed by atoms with E-state index in [1.165, 1.54) is 0 Å². The van der Waals surface area contributed by atoms with Crippen LogP contribution < -0.4 is 10.6 Å². The number of aromatic nitrogens is 3. The van der Waals surface area contributed by atoms with Gasteiger partial charge >= 0.3 is 0 Å². The Hall–Kier alpha value is -1.36. The van der Waals surface area contributed by atoms with Crippen molar-refractivity contribution in [3.63, 3.8) is 0 Å². The molecule has 0 bridgehead atoms. The van der Waals surface area contributed by atoms with Gasteiger partial charge in [-0.05, 0) is 13.8 Å². The molecule has 24 heavy (non-hydrogen) atoms. The van der Waals surface area contributed by atoms with Gasteiger partial charge in [-0.2, -0.15) is 5.10 Å². The summed E-state index contributed by atoms with van der Waals surface area (Å²) >= 11 is 1.68. The number of hydrogen-bond acceptors (Lipinski definition) is 5. The zero-order valence-electron chi connectivity index (χ0n) is 14.3. The molecule has 1 fully saturated rings. The Morgan fingerprint density at radius 2 is 2.00 bits per heavy atom. The molecule has 9 heteroatoms. The molecular weight excluding hydrogens is 437 g/mol. The summed E-state index contributed by atoms with van der Waals surface area (Å²) in [7, 11) is 1.96. The van der Waals surface area contributed by atoms with Crippen molar-refractivity contribution in [3.8, 4) is 0 Å². The van der Waals surface area contributed by atoms with Gasteiger partial charge in [0.25, 0.3) is 0 Å². The largest absolute Gasteiger partial charge is 0.370 e. The van der Waals surface area contributed by atoms with E-state index in [2.05, 4.69) is 31.8 Å². The molecule has 0 saturated carbocycles. The SMILES string of the molecule is Cc1nn(C)c(C)c1CN=C(N)N1CCN(c2nccs2)CC1.I. The smallest absolute Gasteiger partial charge is 0.191 e. The maximum atomic E-state index is 6.18. The first-order valence-electron chi connectivity index (χ1n) is 7.74. The maximum absolute atomic E-state index is 6.18. The van der Waals surface area contributed by atoms with Gasteiger partial charge in [0.15, 0.2) is 11.1 Å². The number of aliphatic imine (C=N–C) groups is 1. The Balaban J connectivity index is 0.00000208. The summed E-state index contributed by atoms with van der Waals surface area (Å²) in [4.78, 5) is 13.4. The van der Waals surface area contributed by atoms with E-state index >= 15 is 0 Å². The number of thiazole rings is 1. The summed E-state index contributed by atoms with van der Waals surface area (Å²) in [5, 5.41) is 7.51. The predicted molar refractivity (Wildman–Crippen MR) is 109 cm³/mol. The molecule has 2 aromatic rings. The summed E-state index contributed by atoms with van der Waals surface area (Å²) in [6, 6.07) is 0. The molecule has 132 valence electrons. The number of anilines is 1. The number of piperazine rings is 1. The first-order valence-corrected chi connectivity index (χ1v) is 8.62. The molecule has 1 aliphatic rings.